The molecule has 0 amide bonds. The Bertz CT molecular complexity index is 301. The standard InChI is InChI=1S/C9H11FO2S/c1-12-6-7-13(11)9-5-3-2-4-8(9)10/h2-5H,6-7H2,1H3. The lowest BCUT2D eigenvalue weighted by molar-refractivity contribution is 0.218. The number of methoxy groups -OCH3 is 1. The Labute approximate surface area is 79.2 Å². The summed E-state index contributed by atoms with van der Waals surface area (Å²) in [6.45, 7) is 0.376. The van der Waals surface area contributed by atoms with Crippen LogP contribution in [0.4, 0.5) is 4.39 Å². The molecule has 0 saturated heterocycles. The van der Waals surface area contributed by atoms with Crippen molar-refractivity contribution < 1.29 is 13.3 Å². The number of hydrogen-bond acceptors (Lipinski definition) is 2. The normalized spacial score (nSPS) is 12.8. The first-order chi connectivity index (χ1) is 6.25. The smallest absolute Gasteiger partial charge is 0.139 e. The van der Waals surface area contributed by atoms with Gasteiger partial charge in [-0.05, 0) is 12.1 Å². The number of halogens is 1. The minimum absolute atomic E-state index is 0.250. The fraction of sp³-hybridized carbons (Fsp3) is 0.333. The molecule has 2 nitrogen and oxygen atoms in total. The number of ether oxygens (including phenoxy) is 1. The van der Waals surface area contributed by atoms with E-state index in [-0.39, 0.29) is 4.90 Å². The zero-order valence-electron chi connectivity index (χ0n) is 7.33. The maximum atomic E-state index is 13.0. The second kappa shape index (κ2) is 5.09. The molecule has 13 heavy (non-hydrogen) atoms. The molecule has 1 unspecified atom stereocenters. The lowest BCUT2D eigenvalue weighted by Gasteiger charge is -2.01. The van der Waals surface area contributed by atoms with Crippen molar-refractivity contribution in [3.05, 3.63) is 30.1 Å². The molecule has 0 aliphatic rings. The van der Waals surface area contributed by atoms with Crippen LogP contribution in [0, 0.1) is 5.82 Å². The van der Waals surface area contributed by atoms with Crippen molar-refractivity contribution in [2.75, 3.05) is 19.5 Å². The average molecular weight is 202 g/mol. The number of hydrogen-bond donors (Lipinski definition) is 0. The molecular formula is C9H11FO2S. The summed E-state index contributed by atoms with van der Waals surface area (Å²) in [6, 6.07) is 6.08. The molecular weight excluding hydrogens is 191 g/mol. The second-order valence-electron chi connectivity index (χ2n) is 2.47. The number of benzene rings is 1. The molecule has 4 heteroatoms. The average Bonchev–Trinajstić information content (AvgIpc) is 2.15. The van der Waals surface area contributed by atoms with Crippen molar-refractivity contribution in [1.82, 2.24) is 0 Å². The predicted octanol–water partition coefficient (Wildman–Crippen LogP) is 1.58. The number of rotatable bonds is 4. The molecule has 0 bridgehead atoms. The van der Waals surface area contributed by atoms with Crippen LogP contribution in [-0.4, -0.2) is 23.7 Å². The van der Waals surface area contributed by atoms with Gasteiger partial charge in [-0.3, -0.25) is 4.21 Å². The first-order valence-corrected chi connectivity index (χ1v) is 5.19. The third kappa shape index (κ3) is 2.90. The fourth-order valence-corrected chi connectivity index (χ4v) is 1.95. The monoisotopic (exact) mass is 202 g/mol. The van der Waals surface area contributed by atoms with E-state index in [0.717, 1.165) is 0 Å². The summed E-state index contributed by atoms with van der Waals surface area (Å²) < 4.78 is 29.2. The third-order valence-corrected chi connectivity index (χ3v) is 2.91. The van der Waals surface area contributed by atoms with Gasteiger partial charge >= 0.3 is 0 Å². The third-order valence-electron chi connectivity index (χ3n) is 1.55. The van der Waals surface area contributed by atoms with Gasteiger partial charge in [0.1, 0.15) is 5.82 Å². The largest absolute Gasteiger partial charge is 0.384 e. The van der Waals surface area contributed by atoms with Crippen LogP contribution in [0.25, 0.3) is 0 Å². The van der Waals surface area contributed by atoms with E-state index >= 15 is 0 Å². The van der Waals surface area contributed by atoms with Crippen LogP contribution in [0.15, 0.2) is 29.2 Å². The molecule has 0 radical (unpaired) electrons. The SMILES string of the molecule is COCCS(=O)c1ccccc1F. The van der Waals surface area contributed by atoms with Crippen LogP contribution in [0.1, 0.15) is 0 Å². The van der Waals surface area contributed by atoms with E-state index in [1.54, 1.807) is 12.1 Å². The van der Waals surface area contributed by atoms with Gasteiger partial charge in [-0.15, -0.1) is 0 Å². The van der Waals surface area contributed by atoms with Crippen LogP contribution >= 0.6 is 0 Å². The molecule has 0 aromatic heterocycles. The van der Waals surface area contributed by atoms with E-state index < -0.39 is 16.6 Å². The summed E-state index contributed by atoms with van der Waals surface area (Å²) in [6.07, 6.45) is 0. The van der Waals surface area contributed by atoms with Crippen molar-refractivity contribution in [1.29, 1.82) is 0 Å². The summed E-state index contributed by atoms with van der Waals surface area (Å²) >= 11 is 0. The van der Waals surface area contributed by atoms with Gasteiger partial charge in [0, 0.05) is 7.11 Å². The maximum Gasteiger partial charge on any atom is 0.139 e. The molecule has 0 N–H and O–H groups in total. The Hall–Kier alpha value is -0.740. The Morgan fingerprint density at radius 1 is 1.46 bits per heavy atom. The molecule has 0 aliphatic carbocycles. The minimum Gasteiger partial charge on any atom is -0.384 e. The molecule has 1 atom stereocenters. The van der Waals surface area contributed by atoms with Crippen LogP contribution < -0.4 is 0 Å². The van der Waals surface area contributed by atoms with Crippen LogP contribution in [0.2, 0.25) is 0 Å². The van der Waals surface area contributed by atoms with Crippen LogP contribution in [0.5, 0.6) is 0 Å². The van der Waals surface area contributed by atoms with Crippen molar-refractivity contribution >= 4 is 10.8 Å². The molecule has 0 spiro atoms. The van der Waals surface area contributed by atoms with Gasteiger partial charge in [0.15, 0.2) is 0 Å². The summed E-state index contributed by atoms with van der Waals surface area (Å²) in [5.41, 5.74) is 0. The van der Waals surface area contributed by atoms with Crippen molar-refractivity contribution in [3.8, 4) is 0 Å². The minimum atomic E-state index is -1.29. The first-order valence-electron chi connectivity index (χ1n) is 3.87. The van der Waals surface area contributed by atoms with Crippen LogP contribution in [-0.2, 0) is 15.5 Å². The van der Waals surface area contributed by atoms with Gasteiger partial charge in [-0.1, -0.05) is 12.1 Å². The van der Waals surface area contributed by atoms with E-state index in [1.165, 1.54) is 19.2 Å². The highest BCUT2D eigenvalue weighted by molar-refractivity contribution is 7.85. The molecule has 0 heterocycles. The molecule has 1 rings (SSSR count). The van der Waals surface area contributed by atoms with Gasteiger partial charge in [-0.25, -0.2) is 4.39 Å². The lowest BCUT2D eigenvalue weighted by Crippen LogP contribution is -2.05. The summed E-state index contributed by atoms with van der Waals surface area (Å²) in [4.78, 5) is 0.250. The summed E-state index contributed by atoms with van der Waals surface area (Å²) in [5.74, 6) is -0.0887. The Morgan fingerprint density at radius 3 is 2.77 bits per heavy atom. The van der Waals surface area contributed by atoms with Crippen LogP contribution in [0.3, 0.4) is 0 Å². The lowest BCUT2D eigenvalue weighted by atomic mass is 10.3. The van der Waals surface area contributed by atoms with Gasteiger partial charge in [0.2, 0.25) is 0 Å². The predicted molar refractivity (Wildman–Crippen MR) is 49.6 cm³/mol. The fourth-order valence-electron chi connectivity index (χ4n) is 0.898. The molecule has 0 saturated carbocycles. The quantitative estimate of drug-likeness (QED) is 0.741. The van der Waals surface area contributed by atoms with Crippen molar-refractivity contribution in [2.45, 2.75) is 4.90 Å². The highest BCUT2D eigenvalue weighted by Crippen LogP contribution is 2.11. The summed E-state index contributed by atoms with van der Waals surface area (Å²) in [7, 11) is 0.231. The molecule has 1 aromatic rings. The van der Waals surface area contributed by atoms with E-state index in [4.69, 9.17) is 4.74 Å². The first kappa shape index (κ1) is 10.3. The molecule has 1 aromatic carbocycles. The zero-order valence-corrected chi connectivity index (χ0v) is 8.14. The molecule has 0 aliphatic heterocycles. The molecule has 0 fully saturated rings. The zero-order chi connectivity index (χ0) is 9.68. The summed E-state index contributed by atoms with van der Waals surface area (Å²) in [5, 5.41) is 0. The molecule has 72 valence electrons. The van der Waals surface area contributed by atoms with Crippen molar-refractivity contribution in [3.63, 3.8) is 0 Å². The van der Waals surface area contributed by atoms with Crippen molar-refractivity contribution in [2.24, 2.45) is 0 Å². The van der Waals surface area contributed by atoms with Gasteiger partial charge in [0.25, 0.3) is 0 Å². The van der Waals surface area contributed by atoms with E-state index in [9.17, 15) is 8.60 Å². The topological polar surface area (TPSA) is 26.3 Å². The highest BCUT2D eigenvalue weighted by Gasteiger charge is 2.07. The van der Waals surface area contributed by atoms with Gasteiger partial charge in [0.05, 0.1) is 28.1 Å². The maximum absolute atomic E-state index is 13.0. The second-order valence-corrected chi connectivity index (χ2v) is 4.01. The van der Waals surface area contributed by atoms with E-state index in [2.05, 4.69) is 0 Å². The Balaban J connectivity index is 2.71. The Kier molecular flexibility index (Phi) is 4.05. The van der Waals surface area contributed by atoms with E-state index in [1.807, 2.05) is 0 Å². The highest BCUT2D eigenvalue weighted by atomic mass is 32.2. The van der Waals surface area contributed by atoms with Gasteiger partial charge < -0.3 is 4.74 Å². The van der Waals surface area contributed by atoms with Gasteiger partial charge in [-0.2, -0.15) is 0 Å². The Morgan fingerprint density at radius 2 is 2.15 bits per heavy atom. The van der Waals surface area contributed by atoms with E-state index in [0.29, 0.717) is 12.4 Å².